The van der Waals surface area contributed by atoms with E-state index in [-0.39, 0.29) is 17.9 Å². The summed E-state index contributed by atoms with van der Waals surface area (Å²) in [5.41, 5.74) is 2.63. The van der Waals surface area contributed by atoms with Crippen molar-refractivity contribution in [1.29, 1.82) is 0 Å². The summed E-state index contributed by atoms with van der Waals surface area (Å²) in [7, 11) is 0. The van der Waals surface area contributed by atoms with E-state index in [2.05, 4.69) is 18.3 Å². The van der Waals surface area contributed by atoms with E-state index in [0.29, 0.717) is 16.8 Å². The monoisotopic (exact) mass is 396 g/mol. The highest BCUT2D eigenvalue weighted by atomic mass is 32.1. The molecule has 5 rings (SSSR count). The molecule has 0 radical (unpaired) electrons. The Labute approximate surface area is 166 Å². The zero-order chi connectivity index (χ0) is 18.7. The minimum atomic E-state index is -0.152. The molecule has 1 N–H and O–H groups in total. The van der Waals surface area contributed by atoms with Gasteiger partial charge in [-0.1, -0.05) is 12.8 Å². The second kappa shape index (κ2) is 6.17. The predicted octanol–water partition coefficient (Wildman–Crippen LogP) is 4.46. The third-order valence-corrected chi connectivity index (χ3v) is 7.55. The molecular formula is C21H20N2O2S2. The quantitative estimate of drug-likeness (QED) is 0.832. The number of thiophene rings is 2. The van der Waals surface area contributed by atoms with Gasteiger partial charge in [-0.25, -0.2) is 0 Å². The van der Waals surface area contributed by atoms with Crippen molar-refractivity contribution in [3.05, 3.63) is 54.9 Å². The maximum absolute atomic E-state index is 13.5. The summed E-state index contributed by atoms with van der Waals surface area (Å²) in [6, 6.07) is 8.31. The van der Waals surface area contributed by atoms with Crippen LogP contribution in [-0.2, 0) is 9.59 Å². The van der Waals surface area contributed by atoms with Crippen molar-refractivity contribution in [1.82, 2.24) is 10.2 Å². The van der Waals surface area contributed by atoms with Gasteiger partial charge in [-0.05, 0) is 51.0 Å². The Bertz CT molecular complexity index is 1030. The Morgan fingerprint density at radius 1 is 0.926 bits per heavy atom. The number of nitrogens with zero attached hydrogens (tertiary/aromatic N) is 1. The molecule has 2 aromatic heterocycles. The van der Waals surface area contributed by atoms with Crippen LogP contribution in [0.1, 0.15) is 45.2 Å². The Balaban J connectivity index is 1.73. The fourth-order valence-corrected chi connectivity index (χ4v) is 6.12. The molecule has 1 fully saturated rings. The van der Waals surface area contributed by atoms with Crippen molar-refractivity contribution < 1.29 is 9.59 Å². The molecule has 27 heavy (non-hydrogen) atoms. The van der Waals surface area contributed by atoms with Crippen LogP contribution in [0.4, 0.5) is 0 Å². The summed E-state index contributed by atoms with van der Waals surface area (Å²) < 4.78 is 0. The van der Waals surface area contributed by atoms with Gasteiger partial charge in [-0.2, -0.15) is 0 Å². The molecule has 3 aliphatic rings. The summed E-state index contributed by atoms with van der Waals surface area (Å²) in [4.78, 5) is 32.7. The van der Waals surface area contributed by atoms with Crippen molar-refractivity contribution in [2.75, 3.05) is 0 Å². The number of nitrogens with one attached hydrogen (secondary N) is 1. The Morgan fingerprint density at radius 3 is 2.15 bits per heavy atom. The second-order valence-corrected chi connectivity index (χ2v) is 9.94. The lowest BCUT2D eigenvalue weighted by Crippen LogP contribution is -2.35. The van der Waals surface area contributed by atoms with Crippen LogP contribution >= 0.6 is 22.7 Å². The minimum absolute atomic E-state index is 0.0163. The Morgan fingerprint density at radius 2 is 1.56 bits per heavy atom. The van der Waals surface area contributed by atoms with Crippen LogP contribution in [0.2, 0.25) is 0 Å². The van der Waals surface area contributed by atoms with E-state index < -0.39 is 0 Å². The first kappa shape index (κ1) is 17.0. The largest absolute Gasteiger partial charge is 0.320 e. The zero-order valence-corrected chi connectivity index (χ0v) is 16.9. The van der Waals surface area contributed by atoms with Crippen LogP contribution in [-0.4, -0.2) is 22.8 Å². The standard InChI is InChI=1S/C21H20N2O2S2/c1-11-7-9-14(26-11)18-16-17(20(24)22-18)19(15-10-8-12(2)27-15)23(21(16)25)13-5-3-4-6-13/h7-10,13H,3-6H2,1-2H3,(H,22,24). The van der Waals surface area contributed by atoms with Crippen molar-refractivity contribution >= 4 is 45.9 Å². The van der Waals surface area contributed by atoms with Gasteiger partial charge in [0.25, 0.3) is 11.8 Å². The van der Waals surface area contributed by atoms with Gasteiger partial charge in [0.2, 0.25) is 0 Å². The predicted molar refractivity (Wildman–Crippen MR) is 109 cm³/mol. The Hall–Kier alpha value is -2.18. The first-order chi connectivity index (χ1) is 13.0. The molecular weight excluding hydrogens is 376 g/mol. The summed E-state index contributed by atoms with van der Waals surface area (Å²) in [5, 5.41) is 2.98. The molecule has 2 amide bonds. The second-order valence-electron chi connectivity index (χ2n) is 7.36. The molecule has 0 bridgehead atoms. The smallest absolute Gasteiger partial charge is 0.261 e. The van der Waals surface area contributed by atoms with Gasteiger partial charge >= 0.3 is 0 Å². The van der Waals surface area contributed by atoms with Crippen LogP contribution < -0.4 is 5.32 Å². The Kier molecular flexibility index (Phi) is 3.88. The van der Waals surface area contributed by atoms with Crippen LogP contribution in [0, 0.1) is 13.8 Å². The number of hydrogen-bond acceptors (Lipinski definition) is 4. The third-order valence-electron chi connectivity index (χ3n) is 5.53. The maximum atomic E-state index is 13.5. The van der Waals surface area contributed by atoms with Crippen LogP contribution in [0.15, 0.2) is 35.4 Å². The van der Waals surface area contributed by atoms with E-state index in [1.54, 1.807) is 22.7 Å². The summed E-state index contributed by atoms with van der Waals surface area (Å²) >= 11 is 3.26. The van der Waals surface area contributed by atoms with E-state index >= 15 is 0 Å². The van der Waals surface area contributed by atoms with Gasteiger partial charge in [0.15, 0.2) is 0 Å². The molecule has 0 atom stereocenters. The average Bonchev–Trinajstić information content (AvgIpc) is 3.40. The number of amides is 2. The van der Waals surface area contributed by atoms with Gasteiger partial charge in [-0.3, -0.25) is 9.59 Å². The number of carbonyl (C=O) groups excluding carboxylic acids is 2. The van der Waals surface area contributed by atoms with Crippen LogP contribution in [0.5, 0.6) is 0 Å². The molecule has 4 nitrogen and oxygen atoms in total. The fourth-order valence-electron chi connectivity index (χ4n) is 4.33. The highest BCUT2D eigenvalue weighted by Gasteiger charge is 2.48. The molecule has 0 unspecified atom stereocenters. The topological polar surface area (TPSA) is 49.4 Å². The summed E-state index contributed by atoms with van der Waals surface area (Å²) in [5.74, 6) is -0.168. The van der Waals surface area contributed by atoms with Crippen LogP contribution in [0.25, 0.3) is 11.4 Å². The summed E-state index contributed by atoms with van der Waals surface area (Å²) in [6.45, 7) is 4.09. The van der Waals surface area contributed by atoms with Crippen LogP contribution in [0.3, 0.4) is 0 Å². The van der Waals surface area contributed by atoms with E-state index in [1.165, 1.54) is 4.88 Å². The lowest BCUT2D eigenvalue weighted by Gasteiger charge is -2.27. The fraction of sp³-hybridized carbons (Fsp3) is 0.333. The van der Waals surface area contributed by atoms with Crippen molar-refractivity contribution in [2.24, 2.45) is 0 Å². The van der Waals surface area contributed by atoms with Crippen molar-refractivity contribution in [2.45, 2.75) is 45.6 Å². The highest BCUT2D eigenvalue weighted by Crippen LogP contribution is 2.47. The number of rotatable bonds is 3. The molecule has 0 aromatic carbocycles. The normalized spacial score (nSPS) is 20.3. The first-order valence-electron chi connectivity index (χ1n) is 9.32. The lowest BCUT2D eigenvalue weighted by atomic mass is 10.1. The lowest BCUT2D eigenvalue weighted by molar-refractivity contribution is -0.124. The number of hydrogen-bond donors (Lipinski definition) is 1. The first-order valence-corrected chi connectivity index (χ1v) is 11.0. The molecule has 4 heterocycles. The molecule has 0 saturated heterocycles. The average molecular weight is 397 g/mol. The zero-order valence-electron chi connectivity index (χ0n) is 15.3. The number of aryl methyl sites for hydroxylation is 2. The molecule has 0 spiro atoms. The third kappa shape index (κ3) is 2.54. The number of carbonyl (C=O) groups is 2. The van der Waals surface area contributed by atoms with Gasteiger partial charge in [0, 0.05) is 15.8 Å². The van der Waals surface area contributed by atoms with E-state index in [1.807, 2.05) is 30.0 Å². The van der Waals surface area contributed by atoms with Gasteiger partial charge < -0.3 is 10.2 Å². The molecule has 2 aromatic rings. The van der Waals surface area contributed by atoms with Crippen molar-refractivity contribution in [3.8, 4) is 0 Å². The van der Waals surface area contributed by atoms with Crippen molar-refractivity contribution in [3.63, 3.8) is 0 Å². The summed E-state index contributed by atoms with van der Waals surface area (Å²) in [6.07, 6.45) is 4.30. The molecule has 2 aliphatic heterocycles. The number of fused-ring (bicyclic) bond motifs is 1. The molecule has 6 heteroatoms. The molecule has 1 aliphatic carbocycles. The van der Waals surface area contributed by atoms with E-state index in [9.17, 15) is 9.59 Å². The SMILES string of the molecule is Cc1ccc(C2=C3C(=O)N(C4CCCC4)C(c4ccc(C)s4)=C3C(=O)N2)s1. The highest BCUT2D eigenvalue weighted by molar-refractivity contribution is 7.13. The molecule has 1 saturated carbocycles. The maximum Gasteiger partial charge on any atom is 0.261 e. The van der Waals surface area contributed by atoms with E-state index in [0.717, 1.165) is 46.0 Å². The van der Waals surface area contributed by atoms with Gasteiger partial charge in [0.1, 0.15) is 0 Å². The van der Waals surface area contributed by atoms with E-state index in [4.69, 9.17) is 0 Å². The minimum Gasteiger partial charge on any atom is -0.320 e. The van der Waals surface area contributed by atoms with Gasteiger partial charge in [0.05, 0.1) is 32.3 Å². The molecule has 138 valence electrons. The van der Waals surface area contributed by atoms with Gasteiger partial charge in [-0.15, -0.1) is 22.7 Å².